The van der Waals surface area contributed by atoms with Gasteiger partial charge in [0.1, 0.15) is 5.82 Å². The van der Waals surface area contributed by atoms with Crippen LogP contribution >= 0.6 is 0 Å². The highest BCUT2D eigenvalue weighted by Crippen LogP contribution is 2.33. The maximum Gasteiger partial charge on any atom is 0.227 e. The summed E-state index contributed by atoms with van der Waals surface area (Å²) in [6, 6.07) is 22.1. The van der Waals surface area contributed by atoms with Gasteiger partial charge in [0.05, 0.1) is 23.0 Å². The van der Waals surface area contributed by atoms with Crippen LogP contribution in [0.25, 0.3) is 5.69 Å². The number of halogens is 2. The quantitative estimate of drug-likeness (QED) is 0.293. The first kappa shape index (κ1) is 25.5. The zero-order valence-corrected chi connectivity index (χ0v) is 20.7. The molecule has 0 aliphatic carbocycles. The molecular formula is C29H31F2N3O2. The molecule has 1 N–H and O–H groups in total. The van der Waals surface area contributed by atoms with E-state index in [0.717, 1.165) is 11.1 Å². The molecule has 0 bridgehead atoms. The van der Waals surface area contributed by atoms with Crippen molar-refractivity contribution in [1.29, 1.82) is 0 Å². The molecule has 7 heteroatoms. The predicted molar refractivity (Wildman–Crippen MR) is 136 cm³/mol. The number of ether oxygens (including phenoxy) is 1. The van der Waals surface area contributed by atoms with Crippen molar-refractivity contribution < 1.29 is 18.6 Å². The van der Waals surface area contributed by atoms with Crippen LogP contribution in [-0.4, -0.2) is 38.5 Å². The van der Waals surface area contributed by atoms with Crippen LogP contribution in [0.4, 0.5) is 8.78 Å². The summed E-state index contributed by atoms with van der Waals surface area (Å²) in [4.78, 5) is 2.14. The maximum atomic E-state index is 14.5. The standard InChI is InChI=1S/C29H31F2N3O2/c1-20(2)33(18-25(35)17-22-9-5-4-6-10-22)19-26-21(3)32-34(24-15-13-23(30)14-16-24)29(26)36-28-12-8-7-11-27(28)31/h4-16,20,25,35H,17-19H2,1-3H3. The van der Waals surface area contributed by atoms with Crippen LogP contribution in [0, 0.1) is 18.6 Å². The number of nitrogens with zero attached hydrogens (tertiary/aromatic N) is 3. The monoisotopic (exact) mass is 491 g/mol. The van der Waals surface area contributed by atoms with E-state index in [1.54, 1.807) is 35.0 Å². The van der Waals surface area contributed by atoms with Crippen molar-refractivity contribution in [3.8, 4) is 17.3 Å². The Bertz CT molecular complexity index is 1270. The van der Waals surface area contributed by atoms with E-state index in [1.165, 1.54) is 18.2 Å². The third-order valence-corrected chi connectivity index (χ3v) is 6.10. The molecule has 0 amide bonds. The van der Waals surface area contributed by atoms with Gasteiger partial charge in [0, 0.05) is 19.1 Å². The van der Waals surface area contributed by atoms with Gasteiger partial charge in [-0.1, -0.05) is 42.5 Å². The second kappa shape index (κ2) is 11.5. The lowest BCUT2D eigenvalue weighted by Gasteiger charge is -2.29. The smallest absolute Gasteiger partial charge is 0.227 e. The second-order valence-corrected chi connectivity index (χ2v) is 9.16. The third-order valence-electron chi connectivity index (χ3n) is 6.10. The number of aryl methyl sites for hydroxylation is 1. The number of rotatable bonds is 10. The minimum absolute atomic E-state index is 0.0715. The van der Waals surface area contributed by atoms with E-state index in [0.29, 0.717) is 36.8 Å². The van der Waals surface area contributed by atoms with Crippen LogP contribution in [0.1, 0.15) is 30.7 Å². The number of hydrogen-bond donors (Lipinski definition) is 1. The molecule has 4 aromatic rings. The molecule has 4 rings (SSSR count). The van der Waals surface area contributed by atoms with Gasteiger partial charge in [0.2, 0.25) is 5.88 Å². The summed E-state index contributed by atoms with van der Waals surface area (Å²) in [5.41, 5.74) is 3.13. The fraction of sp³-hybridized carbons (Fsp3) is 0.276. The predicted octanol–water partition coefficient (Wildman–Crippen LogP) is 6.07. The lowest BCUT2D eigenvalue weighted by atomic mass is 10.1. The summed E-state index contributed by atoms with van der Waals surface area (Å²) < 4.78 is 35.8. The van der Waals surface area contributed by atoms with Crippen LogP contribution in [-0.2, 0) is 13.0 Å². The van der Waals surface area contributed by atoms with Crippen molar-refractivity contribution in [2.45, 2.75) is 45.9 Å². The molecule has 1 heterocycles. The highest BCUT2D eigenvalue weighted by molar-refractivity contribution is 5.43. The van der Waals surface area contributed by atoms with Crippen molar-refractivity contribution in [3.05, 3.63) is 107 Å². The third kappa shape index (κ3) is 6.17. The Morgan fingerprint density at radius 1 is 0.944 bits per heavy atom. The molecule has 0 fully saturated rings. The molecule has 188 valence electrons. The number of aromatic nitrogens is 2. The van der Waals surface area contributed by atoms with Gasteiger partial charge in [-0.2, -0.15) is 5.10 Å². The van der Waals surface area contributed by atoms with Gasteiger partial charge in [-0.3, -0.25) is 4.90 Å². The molecular weight excluding hydrogens is 460 g/mol. The molecule has 1 atom stereocenters. The fourth-order valence-corrected chi connectivity index (χ4v) is 4.10. The number of aliphatic hydroxyl groups is 1. The van der Waals surface area contributed by atoms with Crippen molar-refractivity contribution in [1.82, 2.24) is 14.7 Å². The van der Waals surface area contributed by atoms with E-state index in [1.807, 2.05) is 37.3 Å². The van der Waals surface area contributed by atoms with Crippen molar-refractivity contribution in [3.63, 3.8) is 0 Å². The average molecular weight is 492 g/mol. The summed E-state index contributed by atoms with van der Waals surface area (Å²) >= 11 is 0. The summed E-state index contributed by atoms with van der Waals surface area (Å²) in [5, 5.41) is 15.5. The molecule has 1 aromatic heterocycles. The van der Waals surface area contributed by atoms with E-state index < -0.39 is 11.9 Å². The Morgan fingerprint density at radius 2 is 1.61 bits per heavy atom. The Labute approximate surface area is 210 Å². The van der Waals surface area contributed by atoms with Crippen LogP contribution in [0.5, 0.6) is 11.6 Å². The Morgan fingerprint density at radius 3 is 2.28 bits per heavy atom. The van der Waals surface area contributed by atoms with E-state index in [9.17, 15) is 13.9 Å². The molecule has 36 heavy (non-hydrogen) atoms. The molecule has 0 saturated heterocycles. The van der Waals surface area contributed by atoms with E-state index in [2.05, 4.69) is 23.8 Å². The van der Waals surface area contributed by atoms with Gasteiger partial charge in [0.15, 0.2) is 11.6 Å². The SMILES string of the molecule is Cc1nn(-c2ccc(F)cc2)c(Oc2ccccc2F)c1CN(CC(O)Cc1ccccc1)C(C)C. The van der Waals surface area contributed by atoms with Gasteiger partial charge in [-0.25, -0.2) is 13.5 Å². The molecule has 0 spiro atoms. The van der Waals surface area contributed by atoms with Crippen molar-refractivity contribution in [2.24, 2.45) is 0 Å². The molecule has 3 aromatic carbocycles. The van der Waals surface area contributed by atoms with Crippen LogP contribution in [0.15, 0.2) is 78.9 Å². The largest absolute Gasteiger partial charge is 0.435 e. The highest BCUT2D eigenvalue weighted by atomic mass is 19.1. The highest BCUT2D eigenvalue weighted by Gasteiger charge is 2.24. The molecule has 0 aliphatic rings. The van der Waals surface area contributed by atoms with Gasteiger partial charge in [-0.05, 0) is 69.2 Å². The number of benzene rings is 3. The van der Waals surface area contributed by atoms with E-state index >= 15 is 0 Å². The molecule has 1 unspecified atom stereocenters. The Balaban J connectivity index is 1.66. The van der Waals surface area contributed by atoms with Crippen molar-refractivity contribution >= 4 is 0 Å². The first-order valence-corrected chi connectivity index (χ1v) is 12.0. The van der Waals surface area contributed by atoms with Crippen molar-refractivity contribution in [2.75, 3.05) is 6.54 Å². The normalized spacial score (nSPS) is 12.3. The van der Waals surface area contributed by atoms with Crippen LogP contribution in [0.3, 0.4) is 0 Å². The first-order valence-electron chi connectivity index (χ1n) is 12.0. The van der Waals surface area contributed by atoms with Gasteiger partial charge >= 0.3 is 0 Å². The van der Waals surface area contributed by atoms with E-state index in [4.69, 9.17) is 4.74 Å². The zero-order chi connectivity index (χ0) is 25.7. The molecule has 0 aliphatic heterocycles. The van der Waals surface area contributed by atoms with Gasteiger partial charge in [0.25, 0.3) is 0 Å². The second-order valence-electron chi connectivity index (χ2n) is 9.16. The minimum Gasteiger partial charge on any atom is -0.435 e. The molecule has 0 radical (unpaired) electrons. The number of aliphatic hydroxyl groups excluding tert-OH is 1. The summed E-state index contributed by atoms with van der Waals surface area (Å²) in [5.74, 6) is -0.431. The topological polar surface area (TPSA) is 50.5 Å². The van der Waals surface area contributed by atoms with Gasteiger partial charge in [-0.15, -0.1) is 0 Å². The van der Waals surface area contributed by atoms with Crippen LogP contribution < -0.4 is 4.74 Å². The summed E-state index contributed by atoms with van der Waals surface area (Å²) in [7, 11) is 0. The Kier molecular flexibility index (Phi) is 8.13. The maximum absolute atomic E-state index is 14.5. The molecule has 5 nitrogen and oxygen atoms in total. The summed E-state index contributed by atoms with van der Waals surface area (Å²) in [6.07, 6.45) is -0.0330. The van der Waals surface area contributed by atoms with Crippen LogP contribution in [0.2, 0.25) is 0 Å². The fourth-order valence-electron chi connectivity index (χ4n) is 4.10. The number of para-hydroxylation sites is 1. The lowest BCUT2D eigenvalue weighted by molar-refractivity contribution is 0.0902. The summed E-state index contributed by atoms with van der Waals surface area (Å²) in [6.45, 7) is 6.86. The van der Waals surface area contributed by atoms with E-state index in [-0.39, 0.29) is 17.6 Å². The minimum atomic E-state index is -0.571. The lowest BCUT2D eigenvalue weighted by Crippen LogP contribution is -2.38. The molecule has 0 saturated carbocycles. The zero-order valence-electron chi connectivity index (χ0n) is 20.7. The average Bonchev–Trinajstić information content (AvgIpc) is 3.16. The Hall–Kier alpha value is -3.55. The number of hydrogen-bond acceptors (Lipinski definition) is 4. The first-order chi connectivity index (χ1) is 17.3. The van der Waals surface area contributed by atoms with Gasteiger partial charge < -0.3 is 9.84 Å².